The highest BCUT2D eigenvalue weighted by molar-refractivity contribution is 6.30. The average Bonchev–Trinajstić information content (AvgIpc) is 2.89. The first-order chi connectivity index (χ1) is 9.63. The van der Waals surface area contributed by atoms with Gasteiger partial charge in [0.15, 0.2) is 0 Å². The zero-order chi connectivity index (χ0) is 14.4. The maximum absolute atomic E-state index is 11.7. The summed E-state index contributed by atoms with van der Waals surface area (Å²) in [6.07, 6.45) is 1.84. The van der Waals surface area contributed by atoms with Gasteiger partial charge in [-0.3, -0.25) is 0 Å². The quantitative estimate of drug-likeness (QED) is 0.778. The van der Waals surface area contributed by atoms with Crippen LogP contribution >= 0.6 is 11.6 Å². The number of hydrogen-bond acceptors (Lipinski definition) is 3. The number of aliphatic hydroxyl groups is 1. The molecule has 1 aromatic carbocycles. The molecule has 20 heavy (non-hydrogen) atoms. The van der Waals surface area contributed by atoms with E-state index >= 15 is 0 Å². The maximum atomic E-state index is 11.7. The number of rotatable bonds is 5. The first kappa shape index (κ1) is 15.1. The van der Waals surface area contributed by atoms with Crippen molar-refractivity contribution in [3.05, 3.63) is 29.3 Å². The van der Waals surface area contributed by atoms with E-state index < -0.39 is 6.10 Å². The van der Waals surface area contributed by atoms with E-state index in [2.05, 4.69) is 15.5 Å². The average molecular weight is 298 g/mol. The first-order valence-electron chi connectivity index (χ1n) is 6.84. The zero-order valence-corrected chi connectivity index (χ0v) is 12.1. The van der Waals surface area contributed by atoms with Crippen molar-refractivity contribution < 1.29 is 9.90 Å². The van der Waals surface area contributed by atoms with E-state index in [9.17, 15) is 9.90 Å². The molecule has 1 atom stereocenters. The smallest absolute Gasteiger partial charge is 0.319 e. The van der Waals surface area contributed by atoms with Crippen molar-refractivity contribution in [1.29, 1.82) is 0 Å². The molecule has 0 radical (unpaired) electrons. The monoisotopic (exact) mass is 297 g/mol. The molecule has 110 valence electrons. The number of benzene rings is 1. The summed E-state index contributed by atoms with van der Waals surface area (Å²) in [5.41, 5.74) is 0.629. The Balaban J connectivity index is 1.69. The van der Waals surface area contributed by atoms with Gasteiger partial charge in [-0.25, -0.2) is 4.79 Å². The number of amides is 2. The van der Waals surface area contributed by atoms with E-state index in [1.54, 1.807) is 24.3 Å². The Hall–Kier alpha value is -1.30. The number of hydrogen-bond donors (Lipinski definition) is 3. The van der Waals surface area contributed by atoms with Crippen LogP contribution in [0, 0.1) is 0 Å². The van der Waals surface area contributed by atoms with E-state index in [1.807, 2.05) is 0 Å². The van der Waals surface area contributed by atoms with Gasteiger partial charge < -0.3 is 20.6 Å². The molecule has 1 unspecified atom stereocenters. The molecule has 2 rings (SSSR count). The largest absolute Gasteiger partial charge is 0.390 e. The molecule has 0 aliphatic carbocycles. The van der Waals surface area contributed by atoms with Crippen molar-refractivity contribution >= 4 is 23.3 Å². The number of likely N-dealkylation sites (tertiary alicyclic amines) is 1. The van der Waals surface area contributed by atoms with Gasteiger partial charge in [0.05, 0.1) is 6.10 Å². The fraction of sp³-hybridized carbons (Fsp3) is 0.500. The Bertz CT molecular complexity index is 450. The summed E-state index contributed by atoms with van der Waals surface area (Å²) in [6.45, 7) is 2.91. The minimum Gasteiger partial charge on any atom is -0.390 e. The fourth-order valence-electron chi connectivity index (χ4n) is 2.28. The number of carbonyl (C=O) groups is 1. The highest BCUT2D eigenvalue weighted by Crippen LogP contribution is 2.14. The molecule has 1 fully saturated rings. The molecule has 5 nitrogen and oxygen atoms in total. The molecular formula is C14H20ClN3O2. The standard InChI is InChI=1S/C14H20ClN3O2/c15-11-4-3-5-12(8-11)17-14(20)16-9-13(19)10-18-6-1-2-7-18/h3-5,8,13,19H,1-2,6-7,9-10H2,(H2,16,17,20). The number of nitrogens with zero attached hydrogens (tertiary/aromatic N) is 1. The number of halogens is 1. The van der Waals surface area contributed by atoms with Gasteiger partial charge >= 0.3 is 6.03 Å². The SMILES string of the molecule is O=C(NCC(O)CN1CCCC1)Nc1cccc(Cl)c1. The predicted octanol–water partition coefficient (Wildman–Crippen LogP) is 1.92. The second-order valence-electron chi connectivity index (χ2n) is 5.01. The van der Waals surface area contributed by atoms with E-state index in [0.717, 1.165) is 13.1 Å². The van der Waals surface area contributed by atoms with Gasteiger partial charge in [-0.1, -0.05) is 17.7 Å². The van der Waals surface area contributed by atoms with Crippen molar-refractivity contribution in [1.82, 2.24) is 10.2 Å². The van der Waals surface area contributed by atoms with Gasteiger partial charge in [-0.2, -0.15) is 0 Å². The minimum absolute atomic E-state index is 0.239. The molecule has 1 saturated heterocycles. The van der Waals surface area contributed by atoms with Crippen LogP contribution in [-0.4, -0.2) is 48.3 Å². The summed E-state index contributed by atoms with van der Waals surface area (Å²) in [5.74, 6) is 0. The topological polar surface area (TPSA) is 64.6 Å². The molecule has 0 spiro atoms. The Morgan fingerprint density at radius 1 is 1.40 bits per heavy atom. The summed E-state index contributed by atoms with van der Waals surface area (Å²) in [4.78, 5) is 13.9. The molecule has 1 heterocycles. The molecule has 3 N–H and O–H groups in total. The van der Waals surface area contributed by atoms with Crippen LogP contribution in [0.2, 0.25) is 5.02 Å². The van der Waals surface area contributed by atoms with E-state index in [4.69, 9.17) is 11.6 Å². The lowest BCUT2D eigenvalue weighted by Gasteiger charge is -2.19. The van der Waals surface area contributed by atoms with Crippen LogP contribution in [0.5, 0.6) is 0 Å². The Morgan fingerprint density at radius 3 is 2.85 bits per heavy atom. The molecule has 1 aromatic rings. The highest BCUT2D eigenvalue weighted by atomic mass is 35.5. The van der Waals surface area contributed by atoms with Crippen LogP contribution in [0.1, 0.15) is 12.8 Å². The van der Waals surface area contributed by atoms with E-state index in [-0.39, 0.29) is 12.6 Å². The maximum Gasteiger partial charge on any atom is 0.319 e. The molecular weight excluding hydrogens is 278 g/mol. The second kappa shape index (κ2) is 7.47. The third kappa shape index (κ3) is 5.00. The molecule has 2 amide bonds. The van der Waals surface area contributed by atoms with Crippen molar-refractivity contribution in [2.24, 2.45) is 0 Å². The number of nitrogens with one attached hydrogen (secondary N) is 2. The van der Waals surface area contributed by atoms with Gasteiger partial charge in [0.2, 0.25) is 0 Å². The summed E-state index contributed by atoms with van der Waals surface area (Å²) in [5, 5.41) is 15.8. The lowest BCUT2D eigenvalue weighted by molar-refractivity contribution is 0.125. The number of β-amino-alcohol motifs (C(OH)–C–C–N with tert-alkyl or cyclic N) is 1. The third-order valence-electron chi connectivity index (χ3n) is 3.25. The van der Waals surface area contributed by atoms with Crippen molar-refractivity contribution in [2.75, 3.05) is 31.5 Å². The highest BCUT2D eigenvalue weighted by Gasteiger charge is 2.16. The molecule has 0 bridgehead atoms. The van der Waals surface area contributed by atoms with Crippen molar-refractivity contribution in [3.63, 3.8) is 0 Å². The number of anilines is 1. The molecule has 0 saturated carbocycles. The van der Waals surface area contributed by atoms with Gasteiger partial charge in [0.25, 0.3) is 0 Å². The minimum atomic E-state index is -0.543. The van der Waals surface area contributed by atoms with Gasteiger partial charge in [-0.15, -0.1) is 0 Å². The van der Waals surface area contributed by atoms with Crippen LogP contribution in [0.25, 0.3) is 0 Å². The number of urea groups is 1. The molecule has 1 aliphatic heterocycles. The van der Waals surface area contributed by atoms with Crippen LogP contribution in [-0.2, 0) is 0 Å². The predicted molar refractivity (Wildman–Crippen MR) is 80.2 cm³/mol. The molecule has 6 heteroatoms. The zero-order valence-electron chi connectivity index (χ0n) is 11.3. The van der Waals surface area contributed by atoms with Gasteiger partial charge in [-0.05, 0) is 44.1 Å². The van der Waals surface area contributed by atoms with Crippen LogP contribution in [0.3, 0.4) is 0 Å². The lowest BCUT2D eigenvalue weighted by Crippen LogP contribution is -2.40. The Morgan fingerprint density at radius 2 is 2.15 bits per heavy atom. The van der Waals surface area contributed by atoms with E-state index in [1.165, 1.54) is 12.8 Å². The lowest BCUT2D eigenvalue weighted by atomic mass is 10.3. The Labute approximate surface area is 123 Å². The first-order valence-corrected chi connectivity index (χ1v) is 7.22. The summed E-state index contributed by atoms with van der Waals surface area (Å²) < 4.78 is 0. The second-order valence-corrected chi connectivity index (χ2v) is 5.44. The Kier molecular flexibility index (Phi) is 5.64. The summed E-state index contributed by atoms with van der Waals surface area (Å²) in [7, 11) is 0. The number of carbonyl (C=O) groups excluding carboxylic acids is 1. The normalized spacial score (nSPS) is 16.9. The number of aliphatic hydroxyl groups excluding tert-OH is 1. The summed E-state index contributed by atoms with van der Waals surface area (Å²) in [6, 6.07) is 6.59. The van der Waals surface area contributed by atoms with E-state index in [0.29, 0.717) is 17.3 Å². The molecule has 1 aliphatic rings. The van der Waals surface area contributed by atoms with Gasteiger partial charge in [0.1, 0.15) is 0 Å². The third-order valence-corrected chi connectivity index (χ3v) is 3.48. The van der Waals surface area contributed by atoms with Crippen molar-refractivity contribution in [3.8, 4) is 0 Å². The van der Waals surface area contributed by atoms with Gasteiger partial charge in [0, 0.05) is 23.8 Å². The van der Waals surface area contributed by atoms with Crippen molar-refractivity contribution in [2.45, 2.75) is 18.9 Å². The fourth-order valence-corrected chi connectivity index (χ4v) is 2.47. The summed E-state index contributed by atoms with van der Waals surface area (Å²) >= 11 is 5.83. The molecule has 0 aromatic heterocycles. The van der Waals surface area contributed by atoms with Crippen LogP contribution < -0.4 is 10.6 Å². The van der Waals surface area contributed by atoms with Crippen LogP contribution in [0.4, 0.5) is 10.5 Å². The van der Waals surface area contributed by atoms with Crippen LogP contribution in [0.15, 0.2) is 24.3 Å².